The highest BCUT2D eigenvalue weighted by molar-refractivity contribution is 6.03. The first-order chi connectivity index (χ1) is 7.61. The number of carbonyl (C=O) groups excluding carboxylic acids is 2. The third-order valence-corrected chi connectivity index (χ3v) is 2.48. The van der Waals surface area contributed by atoms with Crippen molar-refractivity contribution in [3.8, 4) is 0 Å². The van der Waals surface area contributed by atoms with E-state index in [0.717, 1.165) is 6.07 Å². The topological polar surface area (TPSA) is 55.4 Å². The Labute approximate surface area is 91.4 Å². The minimum absolute atomic E-state index is 0.0607. The predicted octanol–water partition coefficient (Wildman–Crippen LogP) is 1.50. The van der Waals surface area contributed by atoms with E-state index in [0.29, 0.717) is 24.1 Å². The Bertz CT molecular complexity index is 471. The monoisotopic (exact) mass is 223 g/mol. The van der Waals surface area contributed by atoms with Crippen LogP contribution in [-0.4, -0.2) is 19.0 Å². The Morgan fingerprint density at radius 3 is 2.88 bits per heavy atom. The number of hydrogen-bond acceptors (Lipinski definition) is 3. The van der Waals surface area contributed by atoms with Crippen molar-refractivity contribution in [1.29, 1.82) is 0 Å². The molecule has 0 saturated carbocycles. The number of nitrogens with one attached hydrogen (secondary N) is 1. The maximum atomic E-state index is 13.2. The smallest absolute Gasteiger partial charge is 0.340 e. The number of benzene rings is 1. The first-order valence-corrected chi connectivity index (χ1v) is 4.82. The molecule has 1 heterocycles. The van der Waals surface area contributed by atoms with Crippen LogP contribution < -0.4 is 5.32 Å². The summed E-state index contributed by atoms with van der Waals surface area (Å²) >= 11 is 0. The molecule has 1 aliphatic heterocycles. The van der Waals surface area contributed by atoms with Gasteiger partial charge >= 0.3 is 5.97 Å². The molecule has 0 saturated heterocycles. The van der Waals surface area contributed by atoms with E-state index in [1.807, 2.05) is 0 Å². The zero-order valence-electron chi connectivity index (χ0n) is 8.67. The lowest BCUT2D eigenvalue weighted by atomic mass is 9.99. The Kier molecular flexibility index (Phi) is 2.60. The first-order valence-electron chi connectivity index (χ1n) is 4.82. The number of rotatable bonds is 1. The molecule has 2 rings (SSSR count). The van der Waals surface area contributed by atoms with Gasteiger partial charge < -0.3 is 10.1 Å². The number of ether oxygens (including phenoxy) is 1. The molecular weight excluding hydrogens is 213 g/mol. The van der Waals surface area contributed by atoms with E-state index in [-0.39, 0.29) is 11.5 Å². The largest absolute Gasteiger partial charge is 0.465 e. The van der Waals surface area contributed by atoms with E-state index < -0.39 is 11.8 Å². The second-order valence-electron chi connectivity index (χ2n) is 3.53. The molecule has 0 aromatic heterocycles. The van der Waals surface area contributed by atoms with Gasteiger partial charge in [-0.15, -0.1) is 0 Å². The molecule has 1 N–H and O–H groups in total. The minimum Gasteiger partial charge on any atom is -0.465 e. The Hall–Kier alpha value is -1.91. The number of esters is 1. The third-order valence-electron chi connectivity index (χ3n) is 2.48. The van der Waals surface area contributed by atoms with Gasteiger partial charge in [0.1, 0.15) is 5.82 Å². The number of fused-ring (bicyclic) bond motifs is 1. The molecule has 1 aromatic rings. The molecule has 1 amide bonds. The van der Waals surface area contributed by atoms with Crippen molar-refractivity contribution in [2.24, 2.45) is 0 Å². The fraction of sp³-hybridized carbons (Fsp3) is 0.273. The summed E-state index contributed by atoms with van der Waals surface area (Å²) in [4.78, 5) is 22.6. The first kappa shape index (κ1) is 10.6. The second kappa shape index (κ2) is 3.92. The average Bonchev–Trinajstić information content (AvgIpc) is 2.27. The van der Waals surface area contributed by atoms with Crippen LogP contribution in [0.5, 0.6) is 0 Å². The number of anilines is 1. The summed E-state index contributed by atoms with van der Waals surface area (Å²) in [7, 11) is 1.21. The van der Waals surface area contributed by atoms with Gasteiger partial charge in [0.2, 0.25) is 5.91 Å². The molecule has 84 valence electrons. The average molecular weight is 223 g/mol. The van der Waals surface area contributed by atoms with Gasteiger partial charge in [-0.05, 0) is 24.1 Å². The lowest BCUT2D eigenvalue weighted by Gasteiger charge is -2.19. The van der Waals surface area contributed by atoms with Crippen molar-refractivity contribution < 1.29 is 18.7 Å². The van der Waals surface area contributed by atoms with Gasteiger partial charge in [-0.2, -0.15) is 0 Å². The quantitative estimate of drug-likeness (QED) is 0.734. The van der Waals surface area contributed by atoms with Crippen LogP contribution in [0.4, 0.5) is 10.1 Å². The Balaban J connectivity index is 2.55. The second-order valence-corrected chi connectivity index (χ2v) is 3.53. The summed E-state index contributed by atoms with van der Waals surface area (Å²) in [6, 6.07) is 2.39. The molecule has 0 fully saturated rings. The fourth-order valence-corrected chi connectivity index (χ4v) is 1.73. The maximum absolute atomic E-state index is 13.2. The molecule has 4 nitrogen and oxygen atoms in total. The summed E-state index contributed by atoms with van der Waals surface area (Å²) in [5.74, 6) is -1.34. The predicted molar refractivity (Wildman–Crippen MR) is 54.7 cm³/mol. The fourth-order valence-electron chi connectivity index (χ4n) is 1.73. The molecular formula is C11H10FNO3. The highest BCUT2D eigenvalue weighted by Crippen LogP contribution is 2.28. The standard InChI is InChI=1S/C11H10FNO3/c1-16-11(15)8-5-7(12)4-6-2-3-9(14)13-10(6)8/h4-5H,2-3H2,1H3,(H,13,14). The zero-order chi connectivity index (χ0) is 11.7. The van der Waals surface area contributed by atoms with Crippen molar-refractivity contribution in [3.05, 3.63) is 29.1 Å². The van der Waals surface area contributed by atoms with Crippen LogP contribution in [0, 0.1) is 5.82 Å². The van der Waals surface area contributed by atoms with Crippen LogP contribution in [0.25, 0.3) is 0 Å². The number of hydrogen-bond donors (Lipinski definition) is 1. The van der Waals surface area contributed by atoms with Crippen molar-refractivity contribution in [3.63, 3.8) is 0 Å². The van der Waals surface area contributed by atoms with E-state index in [1.54, 1.807) is 0 Å². The van der Waals surface area contributed by atoms with Crippen LogP contribution >= 0.6 is 0 Å². The van der Waals surface area contributed by atoms with Gasteiger partial charge in [0.15, 0.2) is 0 Å². The molecule has 0 spiro atoms. The van der Waals surface area contributed by atoms with Crippen LogP contribution in [0.3, 0.4) is 0 Å². The normalized spacial score (nSPS) is 14.0. The molecule has 1 aromatic carbocycles. The van der Waals surface area contributed by atoms with E-state index in [4.69, 9.17) is 0 Å². The lowest BCUT2D eigenvalue weighted by Crippen LogP contribution is -2.22. The van der Waals surface area contributed by atoms with Gasteiger partial charge in [-0.3, -0.25) is 4.79 Å². The van der Waals surface area contributed by atoms with Gasteiger partial charge in [-0.25, -0.2) is 9.18 Å². The van der Waals surface area contributed by atoms with E-state index in [1.165, 1.54) is 13.2 Å². The Morgan fingerprint density at radius 2 is 2.19 bits per heavy atom. The van der Waals surface area contributed by atoms with Crippen molar-refractivity contribution >= 4 is 17.6 Å². The zero-order valence-corrected chi connectivity index (χ0v) is 8.67. The summed E-state index contributed by atoms with van der Waals surface area (Å²) in [5, 5.41) is 2.56. The van der Waals surface area contributed by atoms with Gasteiger partial charge in [-0.1, -0.05) is 0 Å². The van der Waals surface area contributed by atoms with Crippen LogP contribution in [0.15, 0.2) is 12.1 Å². The highest BCUT2D eigenvalue weighted by atomic mass is 19.1. The maximum Gasteiger partial charge on any atom is 0.340 e. The van der Waals surface area contributed by atoms with Crippen molar-refractivity contribution in [2.45, 2.75) is 12.8 Å². The molecule has 0 aliphatic carbocycles. The number of aryl methyl sites for hydroxylation is 1. The summed E-state index contributed by atoms with van der Waals surface area (Å²) < 4.78 is 17.8. The van der Waals surface area contributed by atoms with Crippen molar-refractivity contribution in [1.82, 2.24) is 0 Å². The molecule has 0 unspecified atom stereocenters. The SMILES string of the molecule is COC(=O)c1cc(F)cc2c1NC(=O)CC2. The van der Waals surface area contributed by atoms with E-state index in [9.17, 15) is 14.0 Å². The summed E-state index contributed by atoms with van der Waals surface area (Å²) in [6.07, 6.45) is 0.736. The van der Waals surface area contributed by atoms with Gasteiger partial charge in [0.05, 0.1) is 18.4 Å². The van der Waals surface area contributed by atoms with Crippen LogP contribution in [0.2, 0.25) is 0 Å². The number of halogens is 1. The molecule has 0 bridgehead atoms. The minimum atomic E-state index is -0.655. The molecule has 5 heteroatoms. The molecule has 0 atom stereocenters. The molecule has 0 radical (unpaired) electrons. The summed E-state index contributed by atoms with van der Waals surface area (Å²) in [6.45, 7) is 0. The Morgan fingerprint density at radius 1 is 1.44 bits per heavy atom. The van der Waals surface area contributed by atoms with Gasteiger partial charge in [0.25, 0.3) is 0 Å². The third kappa shape index (κ3) is 1.76. The van der Waals surface area contributed by atoms with E-state index >= 15 is 0 Å². The molecule has 16 heavy (non-hydrogen) atoms. The lowest BCUT2D eigenvalue weighted by molar-refractivity contribution is -0.116. The van der Waals surface area contributed by atoms with Crippen molar-refractivity contribution in [2.75, 3.05) is 12.4 Å². The highest BCUT2D eigenvalue weighted by Gasteiger charge is 2.22. The molecule has 1 aliphatic rings. The number of amides is 1. The number of carbonyl (C=O) groups is 2. The van der Waals surface area contributed by atoms with Gasteiger partial charge in [0, 0.05) is 6.42 Å². The van der Waals surface area contributed by atoms with Crippen LogP contribution in [0.1, 0.15) is 22.3 Å². The summed E-state index contributed by atoms with van der Waals surface area (Å²) in [5.41, 5.74) is 1.05. The van der Waals surface area contributed by atoms with E-state index in [2.05, 4.69) is 10.1 Å². The number of methoxy groups -OCH3 is 1. The van der Waals surface area contributed by atoms with Crippen LogP contribution in [-0.2, 0) is 16.0 Å².